The Bertz CT molecular complexity index is 423. The summed E-state index contributed by atoms with van der Waals surface area (Å²) < 4.78 is 6.51. The highest BCUT2D eigenvalue weighted by Crippen LogP contribution is 2.07. The predicted octanol–water partition coefficient (Wildman–Crippen LogP) is 0.458. The minimum atomic E-state index is 0.404. The zero-order valence-corrected chi connectivity index (χ0v) is 7.27. The number of aromatic nitrogens is 3. The van der Waals surface area contributed by atoms with Crippen molar-refractivity contribution in [2.45, 2.75) is 6.61 Å². The van der Waals surface area contributed by atoms with E-state index in [1.807, 2.05) is 12.1 Å². The van der Waals surface area contributed by atoms with Crippen molar-refractivity contribution in [3.8, 4) is 0 Å². The van der Waals surface area contributed by atoms with Gasteiger partial charge in [-0.2, -0.15) is 4.52 Å². The fraction of sp³-hybridized carbons (Fsp3) is 0.250. The molecule has 5 nitrogen and oxygen atoms in total. The number of fused-ring (bicyclic) bond motifs is 1. The molecule has 0 atom stereocenters. The monoisotopic (exact) mass is 178 g/mol. The van der Waals surface area contributed by atoms with E-state index < -0.39 is 0 Å². The van der Waals surface area contributed by atoms with E-state index in [2.05, 4.69) is 10.1 Å². The molecule has 0 unspecified atom stereocenters. The van der Waals surface area contributed by atoms with E-state index in [-0.39, 0.29) is 0 Å². The number of nitrogen functional groups attached to an aromatic ring is 1. The lowest BCUT2D eigenvalue weighted by Crippen LogP contribution is -1.98. The van der Waals surface area contributed by atoms with Crippen molar-refractivity contribution in [3.05, 3.63) is 24.0 Å². The zero-order chi connectivity index (χ0) is 9.26. The molecule has 0 fully saturated rings. The molecule has 13 heavy (non-hydrogen) atoms. The van der Waals surface area contributed by atoms with Gasteiger partial charge in [-0.05, 0) is 12.1 Å². The van der Waals surface area contributed by atoms with Gasteiger partial charge in [0.15, 0.2) is 11.5 Å². The number of anilines is 1. The Labute approximate surface area is 75.1 Å². The highest BCUT2D eigenvalue weighted by molar-refractivity contribution is 5.45. The lowest BCUT2D eigenvalue weighted by Gasteiger charge is -1.94. The van der Waals surface area contributed by atoms with Crippen molar-refractivity contribution in [1.82, 2.24) is 14.6 Å². The molecule has 0 aliphatic heterocycles. The number of pyridine rings is 1. The zero-order valence-electron chi connectivity index (χ0n) is 7.27. The van der Waals surface area contributed by atoms with Crippen LogP contribution in [0.1, 0.15) is 5.82 Å². The first-order valence-corrected chi connectivity index (χ1v) is 3.90. The summed E-state index contributed by atoms with van der Waals surface area (Å²) in [6.07, 6.45) is 0. The third kappa shape index (κ3) is 1.33. The fourth-order valence-electron chi connectivity index (χ4n) is 1.16. The Morgan fingerprint density at radius 1 is 1.54 bits per heavy atom. The fourth-order valence-corrected chi connectivity index (χ4v) is 1.16. The second kappa shape index (κ2) is 3.02. The van der Waals surface area contributed by atoms with Crippen molar-refractivity contribution in [1.29, 1.82) is 0 Å². The summed E-state index contributed by atoms with van der Waals surface area (Å²) in [5.41, 5.74) is 6.43. The molecule has 68 valence electrons. The van der Waals surface area contributed by atoms with E-state index in [0.29, 0.717) is 18.2 Å². The maximum atomic E-state index is 5.69. The van der Waals surface area contributed by atoms with Crippen LogP contribution in [0.3, 0.4) is 0 Å². The molecule has 2 rings (SSSR count). The number of rotatable bonds is 2. The Kier molecular flexibility index (Phi) is 1.86. The van der Waals surface area contributed by atoms with Gasteiger partial charge in [0.25, 0.3) is 0 Å². The smallest absolute Gasteiger partial charge is 0.177 e. The summed E-state index contributed by atoms with van der Waals surface area (Å²) in [6.45, 7) is 0.404. The molecular weight excluding hydrogens is 168 g/mol. The van der Waals surface area contributed by atoms with E-state index in [1.54, 1.807) is 17.7 Å². The first-order valence-electron chi connectivity index (χ1n) is 3.90. The van der Waals surface area contributed by atoms with Crippen molar-refractivity contribution in [2.24, 2.45) is 0 Å². The molecule has 2 N–H and O–H groups in total. The lowest BCUT2D eigenvalue weighted by atomic mass is 10.4. The van der Waals surface area contributed by atoms with Crippen LogP contribution in [0.5, 0.6) is 0 Å². The summed E-state index contributed by atoms with van der Waals surface area (Å²) in [4.78, 5) is 4.21. The summed E-state index contributed by atoms with van der Waals surface area (Å²) in [6, 6.07) is 5.47. The molecule has 2 heterocycles. The van der Waals surface area contributed by atoms with E-state index in [9.17, 15) is 0 Å². The van der Waals surface area contributed by atoms with Gasteiger partial charge < -0.3 is 10.5 Å². The molecule has 0 aliphatic rings. The van der Waals surface area contributed by atoms with Gasteiger partial charge in [0.2, 0.25) is 0 Å². The number of nitrogens with zero attached hydrogens (tertiary/aromatic N) is 3. The van der Waals surface area contributed by atoms with E-state index in [4.69, 9.17) is 10.5 Å². The first kappa shape index (κ1) is 8.00. The molecule has 0 aromatic carbocycles. The third-order valence-corrected chi connectivity index (χ3v) is 1.71. The number of ether oxygens (including phenoxy) is 1. The Morgan fingerprint density at radius 2 is 2.38 bits per heavy atom. The average Bonchev–Trinajstić information content (AvgIpc) is 2.49. The minimum Gasteiger partial charge on any atom is -0.384 e. The largest absolute Gasteiger partial charge is 0.384 e. The van der Waals surface area contributed by atoms with Crippen molar-refractivity contribution >= 4 is 11.5 Å². The molecule has 5 heteroatoms. The highest BCUT2D eigenvalue weighted by atomic mass is 16.5. The standard InChI is InChI=1S/C8H10N4O/c1-13-5-7-10-8-4-2-3-6(9)12(8)11-7/h2-4H,5,9H2,1H3. The number of hydrogen-bond acceptors (Lipinski definition) is 4. The van der Waals surface area contributed by atoms with Crippen LogP contribution in [0.2, 0.25) is 0 Å². The van der Waals surface area contributed by atoms with Crippen molar-refractivity contribution in [2.75, 3.05) is 12.8 Å². The highest BCUT2D eigenvalue weighted by Gasteiger charge is 2.03. The van der Waals surface area contributed by atoms with Crippen LogP contribution < -0.4 is 5.73 Å². The van der Waals surface area contributed by atoms with Crippen LogP contribution in [0.25, 0.3) is 5.65 Å². The Balaban J connectivity index is 2.55. The molecular formula is C8H10N4O. The quantitative estimate of drug-likeness (QED) is 0.725. The van der Waals surface area contributed by atoms with Gasteiger partial charge >= 0.3 is 0 Å². The molecule has 2 aromatic rings. The number of hydrogen-bond donors (Lipinski definition) is 1. The lowest BCUT2D eigenvalue weighted by molar-refractivity contribution is 0.178. The van der Waals surface area contributed by atoms with Gasteiger partial charge in [-0.15, -0.1) is 5.10 Å². The molecule has 0 aliphatic carbocycles. The first-order chi connectivity index (χ1) is 6.31. The molecule has 0 amide bonds. The van der Waals surface area contributed by atoms with Gasteiger partial charge in [-0.25, -0.2) is 4.98 Å². The second-order valence-electron chi connectivity index (χ2n) is 2.68. The maximum Gasteiger partial charge on any atom is 0.177 e. The van der Waals surface area contributed by atoms with Gasteiger partial charge in [0, 0.05) is 7.11 Å². The van der Waals surface area contributed by atoms with Crippen LogP contribution >= 0.6 is 0 Å². The van der Waals surface area contributed by atoms with Gasteiger partial charge in [0.05, 0.1) is 0 Å². The SMILES string of the molecule is COCc1nc2cccc(N)n2n1. The molecule has 0 bridgehead atoms. The van der Waals surface area contributed by atoms with E-state index in [0.717, 1.165) is 5.65 Å². The minimum absolute atomic E-state index is 0.404. The van der Waals surface area contributed by atoms with Crippen LogP contribution in [0.4, 0.5) is 5.82 Å². The third-order valence-electron chi connectivity index (χ3n) is 1.71. The Hall–Kier alpha value is -1.62. The average molecular weight is 178 g/mol. The molecule has 0 saturated carbocycles. The molecule has 2 aromatic heterocycles. The number of methoxy groups -OCH3 is 1. The van der Waals surface area contributed by atoms with Gasteiger partial charge in [-0.1, -0.05) is 6.07 Å². The van der Waals surface area contributed by atoms with Gasteiger partial charge in [-0.3, -0.25) is 0 Å². The van der Waals surface area contributed by atoms with Crippen LogP contribution in [0, 0.1) is 0 Å². The summed E-state index contributed by atoms with van der Waals surface area (Å²) in [7, 11) is 1.61. The van der Waals surface area contributed by atoms with Gasteiger partial charge in [0.1, 0.15) is 12.4 Å². The second-order valence-corrected chi connectivity index (χ2v) is 2.68. The van der Waals surface area contributed by atoms with E-state index >= 15 is 0 Å². The topological polar surface area (TPSA) is 65.4 Å². The van der Waals surface area contributed by atoms with Crippen LogP contribution in [-0.4, -0.2) is 21.7 Å². The Morgan fingerprint density at radius 3 is 3.08 bits per heavy atom. The molecule has 0 saturated heterocycles. The number of nitrogens with two attached hydrogens (primary N) is 1. The van der Waals surface area contributed by atoms with Crippen LogP contribution in [0.15, 0.2) is 18.2 Å². The van der Waals surface area contributed by atoms with Crippen LogP contribution in [-0.2, 0) is 11.3 Å². The normalized spacial score (nSPS) is 10.8. The molecule has 0 spiro atoms. The summed E-state index contributed by atoms with van der Waals surface area (Å²) >= 11 is 0. The summed E-state index contributed by atoms with van der Waals surface area (Å²) in [5, 5.41) is 4.16. The van der Waals surface area contributed by atoms with E-state index in [1.165, 1.54) is 0 Å². The predicted molar refractivity (Wildman–Crippen MR) is 48.1 cm³/mol. The molecule has 0 radical (unpaired) electrons. The maximum absolute atomic E-state index is 5.69. The summed E-state index contributed by atoms with van der Waals surface area (Å²) in [5.74, 6) is 1.22. The van der Waals surface area contributed by atoms with Crippen molar-refractivity contribution in [3.63, 3.8) is 0 Å². The van der Waals surface area contributed by atoms with Crippen molar-refractivity contribution < 1.29 is 4.74 Å².